The molecule has 98 valence electrons. The van der Waals surface area contributed by atoms with E-state index < -0.39 is 17.1 Å². The van der Waals surface area contributed by atoms with Crippen molar-refractivity contribution in [1.82, 2.24) is 5.32 Å². The molecule has 19 heavy (non-hydrogen) atoms. The van der Waals surface area contributed by atoms with Gasteiger partial charge in [0.05, 0.1) is 4.91 Å². The highest BCUT2D eigenvalue weighted by atomic mass is 32.2. The van der Waals surface area contributed by atoms with Gasteiger partial charge in [0.2, 0.25) is 5.91 Å². The maximum atomic E-state index is 11.7. The van der Waals surface area contributed by atoms with Crippen LogP contribution >= 0.6 is 11.8 Å². The molecule has 1 saturated heterocycles. The molecule has 0 radical (unpaired) electrons. The molecule has 1 aromatic rings. The number of thioether (sulfide) groups is 1. The third-order valence-electron chi connectivity index (χ3n) is 2.68. The van der Waals surface area contributed by atoms with Gasteiger partial charge in [-0.3, -0.25) is 19.7 Å². The Labute approximate surface area is 114 Å². The summed E-state index contributed by atoms with van der Waals surface area (Å²) < 4.78 is 0. The lowest BCUT2D eigenvalue weighted by molar-refractivity contribution is -0.116. The number of amides is 3. The fourth-order valence-electron chi connectivity index (χ4n) is 1.54. The number of hydrogen-bond donors (Lipinski definition) is 2. The minimum absolute atomic E-state index is 0.103. The summed E-state index contributed by atoms with van der Waals surface area (Å²) in [5.41, 5.74) is 2.85. The highest BCUT2D eigenvalue weighted by Gasteiger charge is 2.25. The van der Waals surface area contributed by atoms with Crippen molar-refractivity contribution in [3.8, 4) is 0 Å². The zero-order valence-electron chi connectivity index (χ0n) is 10.4. The summed E-state index contributed by atoms with van der Waals surface area (Å²) >= 11 is 0.719. The summed E-state index contributed by atoms with van der Waals surface area (Å²) in [7, 11) is 0. The molecule has 1 aromatic carbocycles. The number of imide groups is 1. The molecule has 6 heteroatoms. The van der Waals surface area contributed by atoms with Crippen LogP contribution in [0.25, 0.3) is 0 Å². The van der Waals surface area contributed by atoms with E-state index in [1.165, 1.54) is 0 Å². The number of carbonyl (C=O) groups excluding carboxylic acids is 3. The van der Waals surface area contributed by atoms with Gasteiger partial charge in [0.25, 0.3) is 11.1 Å². The molecule has 0 unspecified atom stereocenters. The van der Waals surface area contributed by atoms with Gasteiger partial charge in [0.15, 0.2) is 0 Å². The zero-order chi connectivity index (χ0) is 14.0. The van der Waals surface area contributed by atoms with Crippen molar-refractivity contribution in [2.45, 2.75) is 13.8 Å². The maximum absolute atomic E-state index is 11.7. The van der Waals surface area contributed by atoms with Crippen molar-refractivity contribution < 1.29 is 14.4 Å². The lowest BCUT2D eigenvalue weighted by Gasteiger charge is -2.05. The highest BCUT2D eigenvalue weighted by Crippen LogP contribution is 2.23. The summed E-state index contributed by atoms with van der Waals surface area (Å²) in [5, 5.41) is 4.28. The quantitative estimate of drug-likeness (QED) is 0.811. The van der Waals surface area contributed by atoms with Gasteiger partial charge in [-0.1, -0.05) is 6.07 Å². The molecule has 0 saturated carbocycles. The fourth-order valence-corrected chi connectivity index (χ4v) is 2.19. The zero-order valence-corrected chi connectivity index (χ0v) is 11.3. The Balaban J connectivity index is 2.09. The molecule has 0 bridgehead atoms. The van der Waals surface area contributed by atoms with Gasteiger partial charge in [0.1, 0.15) is 0 Å². The first-order valence-electron chi connectivity index (χ1n) is 5.59. The van der Waals surface area contributed by atoms with E-state index >= 15 is 0 Å². The largest absolute Gasteiger partial charge is 0.322 e. The Kier molecular flexibility index (Phi) is 3.71. The summed E-state index contributed by atoms with van der Waals surface area (Å²) in [6.07, 6.45) is 1.13. The van der Waals surface area contributed by atoms with Crippen LogP contribution < -0.4 is 10.6 Å². The van der Waals surface area contributed by atoms with Crippen LogP contribution in [0.5, 0.6) is 0 Å². The monoisotopic (exact) mass is 276 g/mol. The third kappa shape index (κ3) is 3.23. The second-order valence-electron chi connectivity index (χ2n) is 4.14. The van der Waals surface area contributed by atoms with Gasteiger partial charge >= 0.3 is 0 Å². The van der Waals surface area contributed by atoms with E-state index in [0.717, 1.165) is 29.0 Å². The predicted octanol–water partition coefficient (Wildman–Crippen LogP) is 2.11. The van der Waals surface area contributed by atoms with Gasteiger partial charge < -0.3 is 5.32 Å². The van der Waals surface area contributed by atoms with E-state index in [1.54, 1.807) is 6.07 Å². The molecule has 0 atom stereocenters. The average molecular weight is 276 g/mol. The van der Waals surface area contributed by atoms with Crippen LogP contribution in [0.3, 0.4) is 0 Å². The lowest BCUT2D eigenvalue weighted by atomic mass is 10.1. The molecule has 0 aromatic heterocycles. The highest BCUT2D eigenvalue weighted by molar-refractivity contribution is 8.18. The third-order valence-corrected chi connectivity index (χ3v) is 3.49. The van der Waals surface area contributed by atoms with Crippen molar-refractivity contribution in [3.05, 3.63) is 40.3 Å². The van der Waals surface area contributed by atoms with Crippen LogP contribution in [0, 0.1) is 13.8 Å². The van der Waals surface area contributed by atoms with Crippen LogP contribution in [-0.2, 0) is 9.59 Å². The topological polar surface area (TPSA) is 75.3 Å². The van der Waals surface area contributed by atoms with Crippen LogP contribution in [0.2, 0.25) is 0 Å². The normalized spacial score (nSPS) is 16.6. The molecule has 1 aliphatic rings. The number of aryl methyl sites for hydroxylation is 2. The number of benzene rings is 1. The first kappa shape index (κ1) is 13.4. The number of anilines is 1. The smallest absolute Gasteiger partial charge is 0.290 e. The molecule has 3 amide bonds. The van der Waals surface area contributed by atoms with Crippen LogP contribution in [0.15, 0.2) is 29.2 Å². The molecule has 1 fully saturated rings. The van der Waals surface area contributed by atoms with Gasteiger partial charge in [-0.15, -0.1) is 0 Å². The van der Waals surface area contributed by atoms with Gasteiger partial charge in [-0.2, -0.15) is 0 Å². The fraction of sp³-hybridized carbons (Fsp3) is 0.154. The molecule has 2 rings (SSSR count). The Morgan fingerprint density at radius 3 is 2.58 bits per heavy atom. The minimum Gasteiger partial charge on any atom is -0.322 e. The van der Waals surface area contributed by atoms with Gasteiger partial charge in [-0.25, -0.2) is 0 Å². The minimum atomic E-state index is -0.537. The summed E-state index contributed by atoms with van der Waals surface area (Å²) in [6, 6.07) is 5.53. The standard InChI is InChI=1S/C13H12N2O3S/c1-7-3-4-9(5-8(7)2)14-11(16)6-10-12(17)15-13(18)19-10/h3-6H,1-2H3,(H,14,16)(H,15,17,18)/b10-6-. The lowest BCUT2D eigenvalue weighted by Crippen LogP contribution is -2.18. The Hall–Kier alpha value is -2.08. The summed E-state index contributed by atoms with van der Waals surface area (Å²) in [5.74, 6) is -0.971. The SMILES string of the molecule is Cc1ccc(NC(=O)/C=C2\SC(=O)NC2=O)cc1C. The van der Waals surface area contributed by atoms with Crippen molar-refractivity contribution in [3.63, 3.8) is 0 Å². The second kappa shape index (κ2) is 5.27. The molecular formula is C13H12N2O3S. The van der Waals surface area contributed by atoms with Gasteiger partial charge in [0, 0.05) is 11.8 Å². The van der Waals surface area contributed by atoms with Crippen LogP contribution in [0.1, 0.15) is 11.1 Å². The van der Waals surface area contributed by atoms with Crippen LogP contribution in [0.4, 0.5) is 10.5 Å². The van der Waals surface area contributed by atoms with Crippen molar-refractivity contribution >= 4 is 34.5 Å². The first-order chi connectivity index (χ1) is 8.95. The number of hydrogen-bond acceptors (Lipinski definition) is 4. The van der Waals surface area contributed by atoms with Crippen molar-refractivity contribution in [1.29, 1.82) is 0 Å². The first-order valence-corrected chi connectivity index (χ1v) is 6.40. The average Bonchev–Trinajstić information content (AvgIpc) is 2.62. The van der Waals surface area contributed by atoms with E-state index in [1.807, 2.05) is 26.0 Å². The number of rotatable bonds is 2. The molecule has 5 nitrogen and oxygen atoms in total. The predicted molar refractivity (Wildman–Crippen MR) is 73.8 cm³/mol. The van der Waals surface area contributed by atoms with E-state index in [-0.39, 0.29) is 4.91 Å². The Morgan fingerprint density at radius 1 is 1.26 bits per heavy atom. The van der Waals surface area contributed by atoms with E-state index in [0.29, 0.717) is 5.69 Å². The molecule has 2 N–H and O–H groups in total. The summed E-state index contributed by atoms with van der Waals surface area (Å²) in [4.78, 5) is 34.0. The van der Waals surface area contributed by atoms with Crippen molar-refractivity contribution in [2.75, 3.05) is 5.32 Å². The van der Waals surface area contributed by atoms with E-state index in [4.69, 9.17) is 0 Å². The molecule has 1 heterocycles. The summed E-state index contributed by atoms with van der Waals surface area (Å²) in [6.45, 7) is 3.93. The molecule has 0 spiro atoms. The molecule has 1 aliphatic heterocycles. The van der Waals surface area contributed by atoms with Crippen molar-refractivity contribution in [2.24, 2.45) is 0 Å². The van der Waals surface area contributed by atoms with E-state index in [9.17, 15) is 14.4 Å². The Morgan fingerprint density at radius 2 is 2.00 bits per heavy atom. The number of carbonyl (C=O) groups is 3. The Bertz CT molecular complexity index is 608. The van der Waals surface area contributed by atoms with Gasteiger partial charge in [-0.05, 0) is 48.9 Å². The van der Waals surface area contributed by atoms with Crippen LogP contribution in [-0.4, -0.2) is 17.1 Å². The maximum Gasteiger partial charge on any atom is 0.290 e. The molecule has 0 aliphatic carbocycles. The molecular weight excluding hydrogens is 264 g/mol. The second-order valence-corrected chi connectivity index (χ2v) is 5.16. The van der Waals surface area contributed by atoms with E-state index in [2.05, 4.69) is 10.6 Å². The number of nitrogens with one attached hydrogen (secondary N) is 2.